The summed E-state index contributed by atoms with van der Waals surface area (Å²) < 4.78 is 5.60. The van der Waals surface area contributed by atoms with Crippen LogP contribution in [0.25, 0.3) is 0 Å². The molecular weight excluding hydrogens is 252 g/mol. The molecule has 2 aromatic rings. The molecule has 0 heterocycles. The second-order valence-corrected chi connectivity index (χ2v) is 5.12. The van der Waals surface area contributed by atoms with Crippen LogP contribution >= 0.6 is 0 Å². The van der Waals surface area contributed by atoms with Gasteiger partial charge in [-0.15, -0.1) is 0 Å². The average Bonchev–Trinajstić information content (AvgIpc) is 2.39. The number of ketones is 1. The Morgan fingerprint density at radius 3 is 2.40 bits per heavy atom. The van der Waals surface area contributed by atoms with Crippen molar-refractivity contribution in [2.75, 3.05) is 0 Å². The topological polar surface area (TPSA) is 46.5 Å². The highest BCUT2D eigenvalue weighted by Crippen LogP contribution is 2.28. The van der Waals surface area contributed by atoms with Gasteiger partial charge in [-0.05, 0) is 30.2 Å². The Kier molecular flexibility index (Phi) is 4.41. The fourth-order valence-electron chi connectivity index (χ4n) is 1.92. The van der Waals surface area contributed by atoms with Gasteiger partial charge in [0.25, 0.3) is 0 Å². The number of ether oxygens (including phenoxy) is 1. The summed E-state index contributed by atoms with van der Waals surface area (Å²) in [7, 11) is 0. The second kappa shape index (κ2) is 6.24. The van der Waals surface area contributed by atoms with Gasteiger partial charge in [-0.25, -0.2) is 0 Å². The summed E-state index contributed by atoms with van der Waals surface area (Å²) in [5.74, 6) is 1.37. The molecule has 0 saturated heterocycles. The number of phenolic OH excluding ortho intramolecular Hbond substituents is 1. The van der Waals surface area contributed by atoms with E-state index in [0.717, 1.165) is 0 Å². The van der Waals surface area contributed by atoms with Crippen molar-refractivity contribution in [1.29, 1.82) is 0 Å². The van der Waals surface area contributed by atoms with Crippen molar-refractivity contribution >= 4 is 5.78 Å². The third-order valence-corrected chi connectivity index (χ3v) is 2.84. The van der Waals surface area contributed by atoms with Gasteiger partial charge in [-0.1, -0.05) is 32.0 Å². The minimum atomic E-state index is -0.0521. The SMILES string of the molecule is CC(C)CC(=O)c1ccc(Oc2ccccc2)cc1O. The molecule has 3 nitrogen and oxygen atoms in total. The summed E-state index contributed by atoms with van der Waals surface area (Å²) in [6.07, 6.45) is 0.423. The number of hydrogen-bond donors (Lipinski definition) is 1. The Balaban J connectivity index is 2.15. The normalized spacial score (nSPS) is 10.6. The molecule has 104 valence electrons. The summed E-state index contributed by atoms with van der Waals surface area (Å²) in [5.41, 5.74) is 0.346. The van der Waals surface area contributed by atoms with Crippen molar-refractivity contribution in [2.24, 2.45) is 5.92 Å². The minimum Gasteiger partial charge on any atom is -0.507 e. The lowest BCUT2D eigenvalue weighted by molar-refractivity contribution is 0.0965. The molecular formula is C17H18O3. The molecule has 20 heavy (non-hydrogen) atoms. The van der Waals surface area contributed by atoms with Crippen molar-refractivity contribution in [3.8, 4) is 17.2 Å². The van der Waals surface area contributed by atoms with Crippen LogP contribution in [0.3, 0.4) is 0 Å². The van der Waals surface area contributed by atoms with Crippen molar-refractivity contribution in [3.05, 3.63) is 54.1 Å². The standard InChI is InChI=1S/C17H18O3/c1-12(2)10-16(18)15-9-8-14(11-17(15)19)20-13-6-4-3-5-7-13/h3-9,11-12,19H,10H2,1-2H3. The molecule has 1 N–H and O–H groups in total. The lowest BCUT2D eigenvalue weighted by Crippen LogP contribution is -2.03. The highest BCUT2D eigenvalue weighted by Gasteiger charge is 2.13. The molecule has 0 unspecified atom stereocenters. The molecule has 0 aliphatic rings. The minimum absolute atomic E-state index is 0.0379. The molecule has 0 spiro atoms. The van der Waals surface area contributed by atoms with E-state index < -0.39 is 0 Å². The predicted molar refractivity (Wildman–Crippen MR) is 78.4 cm³/mol. The maximum atomic E-state index is 11.9. The van der Waals surface area contributed by atoms with Crippen LogP contribution in [0.4, 0.5) is 0 Å². The summed E-state index contributed by atoms with van der Waals surface area (Å²) in [6, 6.07) is 14.1. The van der Waals surface area contributed by atoms with Crippen LogP contribution in [0.2, 0.25) is 0 Å². The van der Waals surface area contributed by atoms with Gasteiger partial charge in [0.1, 0.15) is 17.2 Å². The van der Waals surface area contributed by atoms with Crippen LogP contribution in [0.5, 0.6) is 17.2 Å². The predicted octanol–water partition coefficient (Wildman–Crippen LogP) is 4.41. The summed E-state index contributed by atoms with van der Waals surface area (Å²) in [6.45, 7) is 3.95. The van der Waals surface area contributed by atoms with Crippen LogP contribution in [-0.2, 0) is 0 Å². The van der Waals surface area contributed by atoms with E-state index in [2.05, 4.69) is 0 Å². The maximum absolute atomic E-state index is 11.9. The van der Waals surface area contributed by atoms with Gasteiger partial charge in [0.2, 0.25) is 0 Å². The summed E-state index contributed by atoms with van der Waals surface area (Å²) >= 11 is 0. The van der Waals surface area contributed by atoms with E-state index in [4.69, 9.17) is 4.74 Å². The van der Waals surface area contributed by atoms with Crippen LogP contribution in [0.15, 0.2) is 48.5 Å². The second-order valence-electron chi connectivity index (χ2n) is 5.12. The number of aromatic hydroxyl groups is 1. The number of Topliss-reactive ketones (excluding diaryl/α,β-unsaturated/α-hetero) is 1. The third kappa shape index (κ3) is 3.60. The first-order valence-corrected chi connectivity index (χ1v) is 6.65. The van der Waals surface area contributed by atoms with Gasteiger partial charge in [0, 0.05) is 12.5 Å². The van der Waals surface area contributed by atoms with Crippen molar-refractivity contribution in [3.63, 3.8) is 0 Å². The molecule has 0 atom stereocenters. The third-order valence-electron chi connectivity index (χ3n) is 2.84. The fraction of sp³-hybridized carbons (Fsp3) is 0.235. The highest BCUT2D eigenvalue weighted by molar-refractivity contribution is 5.98. The molecule has 0 aromatic heterocycles. The molecule has 2 aromatic carbocycles. The Bertz CT molecular complexity index is 588. The molecule has 0 aliphatic heterocycles. The van der Waals surface area contributed by atoms with Crippen LogP contribution in [-0.4, -0.2) is 10.9 Å². The van der Waals surface area contributed by atoms with Crippen LogP contribution in [0.1, 0.15) is 30.6 Å². The van der Waals surface area contributed by atoms with E-state index in [1.807, 2.05) is 44.2 Å². The Morgan fingerprint density at radius 2 is 1.80 bits per heavy atom. The zero-order valence-corrected chi connectivity index (χ0v) is 11.7. The van der Waals surface area contributed by atoms with Crippen molar-refractivity contribution in [2.45, 2.75) is 20.3 Å². The lowest BCUT2D eigenvalue weighted by Gasteiger charge is -2.09. The Hall–Kier alpha value is -2.29. The van der Waals surface area contributed by atoms with E-state index in [-0.39, 0.29) is 17.5 Å². The Morgan fingerprint density at radius 1 is 1.10 bits per heavy atom. The molecule has 0 bridgehead atoms. The Labute approximate surface area is 118 Å². The zero-order chi connectivity index (χ0) is 14.5. The first-order chi connectivity index (χ1) is 9.56. The van der Waals surface area contributed by atoms with Gasteiger partial charge < -0.3 is 9.84 Å². The summed E-state index contributed by atoms with van der Waals surface area (Å²) in [4.78, 5) is 11.9. The highest BCUT2D eigenvalue weighted by atomic mass is 16.5. The largest absolute Gasteiger partial charge is 0.507 e. The quantitative estimate of drug-likeness (QED) is 0.818. The lowest BCUT2D eigenvalue weighted by atomic mass is 10.0. The van der Waals surface area contributed by atoms with E-state index >= 15 is 0 Å². The molecule has 2 rings (SSSR count). The van der Waals surface area contributed by atoms with E-state index in [9.17, 15) is 9.90 Å². The molecule has 3 heteroatoms. The van der Waals surface area contributed by atoms with Gasteiger partial charge in [0.05, 0.1) is 5.56 Å². The average molecular weight is 270 g/mol. The first kappa shape index (κ1) is 14.1. The molecule has 0 saturated carbocycles. The van der Waals surface area contributed by atoms with Gasteiger partial charge >= 0.3 is 0 Å². The zero-order valence-electron chi connectivity index (χ0n) is 11.7. The molecule has 0 aliphatic carbocycles. The van der Waals surface area contributed by atoms with E-state index in [1.54, 1.807) is 12.1 Å². The number of rotatable bonds is 5. The van der Waals surface area contributed by atoms with Gasteiger partial charge in [0.15, 0.2) is 5.78 Å². The number of para-hydroxylation sites is 1. The summed E-state index contributed by atoms with van der Waals surface area (Å²) in [5, 5.41) is 9.95. The van der Waals surface area contributed by atoms with Gasteiger partial charge in [-0.3, -0.25) is 4.79 Å². The monoisotopic (exact) mass is 270 g/mol. The van der Waals surface area contributed by atoms with Gasteiger partial charge in [-0.2, -0.15) is 0 Å². The smallest absolute Gasteiger partial charge is 0.166 e. The van der Waals surface area contributed by atoms with Crippen LogP contribution < -0.4 is 4.74 Å². The number of carbonyl (C=O) groups excluding carboxylic acids is 1. The number of phenols is 1. The van der Waals surface area contributed by atoms with Crippen molar-refractivity contribution in [1.82, 2.24) is 0 Å². The molecule has 0 amide bonds. The number of hydrogen-bond acceptors (Lipinski definition) is 3. The first-order valence-electron chi connectivity index (χ1n) is 6.65. The number of carbonyl (C=O) groups is 1. The number of benzene rings is 2. The van der Waals surface area contributed by atoms with E-state index in [0.29, 0.717) is 23.5 Å². The molecule has 0 fully saturated rings. The van der Waals surface area contributed by atoms with Crippen LogP contribution in [0, 0.1) is 5.92 Å². The van der Waals surface area contributed by atoms with Crippen molar-refractivity contribution < 1.29 is 14.6 Å². The molecule has 0 radical (unpaired) electrons. The maximum Gasteiger partial charge on any atom is 0.166 e. The fourth-order valence-corrected chi connectivity index (χ4v) is 1.92. The van der Waals surface area contributed by atoms with E-state index in [1.165, 1.54) is 6.07 Å².